The van der Waals surface area contributed by atoms with Gasteiger partial charge in [0.2, 0.25) is 0 Å². The topological polar surface area (TPSA) is 24.5 Å². The molecule has 18 heavy (non-hydrogen) atoms. The minimum absolute atomic E-state index is 0.296. The fourth-order valence-corrected chi connectivity index (χ4v) is 2.48. The van der Waals surface area contributed by atoms with Crippen LogP contribution in [0.5, 0.6) is 0 Å². The first-order chi connectivity index (χ1) is 8.81. The van der Waals surface area contributed by atoms with Gasteiger partial charge in [0, 0.05) is 25.6 Å². The summed E-state index contributed by atoms with van der Waals surface area (Å²) in [6.45, 7) is 9.61. The first-order valence-corrected chi connectivity index (χ1v) is 7.32. The van der Waals surface area contributed by atoms with Crippen molar-refractivity contribution >= 4 is 0 Å². The van der Waals surface area contributed by atoms with Crippen molar-refractivity contribution in [3.8, 4) is 12.3 Å². The number of morpholine rings is 1. The van der Waals surface area contributed by atoms with Gasteiger partial charge in [0.25, 0.3) is 0 Å². The van der Waals surface area contributed by atoms with Crippen molar-refractivity contribution in [1.29, 1.82) is 0 Å². The van der Waals surface area contributed by atoms with Gasteiger partial charge in [-0.2, -0.15) is 0 Å². The molecular formula is C15H28N2O. The Labute approximate surface area is 112 Å². The molecule has 1 rings (SSSR count). The highest BCUT2D eigenvalue weighted by atomic mass is 16.5. The third-order valence-corrected chi connectivity index (χ3v) is 3.42. The standard InChI is InChI=1S/C15H28N2O/c1-4-7-8-14(16-9-5-2)15-13-17(10-6-3)11-12-18-15/h1,14-16H,5-13H2,2-3H3. The van der Waals surface area contributed by atoms with E-state index in [4.69, 9.17) is 11.2 Å². The Balaban J connectivity index is 2.46. The van der Waals surface area contributed by atoms with Crippen LogP contribution in [0.3, 0.4) is 0 Å². The Morgan fingerprint density at radius 2 is 2.28 bits per heavy atom. The summed E-state index contributed by atoms with van der Waals surface area (Å²) in [6.07, 6.45) is 9.88. The van der Waals surface area contributed by atoms with Crippen LogP contribution in [0.2, 0.25) is 0 Å². The molecule has 1 aliphatic rings. The zero-order valence-corrected chi connectivity index (χ0v) is 12.0. The lowest BCUT2D eigenvalue weighted by Gasteiger charge is -2.37. The Bertz CT molecular complexity index is 247. The van der Waals surface area contributed by atoms with Crippen LogP contribution >= 0.6 is 0 Å². The minimum Gasteiger partial charge on any atom is -0.374 e. The molecule has 3 heteroatoms. The lowest BCUT2D eigenvalue weighted by Crippen LogP contribution is -2.52. The number of hydrogen-bond donors (Lipinski definition) is 1. The van der Waals surface area contributed by atoms with Crippen molar-refractivity contribution < 1.29 is 4.74 Å². The van der Waals surface area contributed by atoms with Crippen molar-refractivity contribution in [2.45, 2.75) is 51.7 Å². The molecule has 0 saturated carbocycles. The van der Waals surface area contributed by atoms with Crippen LogP contribution in [-0.2, 0) is 4.74 Å². The molecule has 1 heterocycles. The molecule has 1 saturated heterocycles. The van der Waals surface area contributed by atoms with Crippen LogP contribution in [0.25, 0.3) is 0 Å². The van der Waals surface area contributed by atoms with E-state index in [1.165, 1.54) is 13.0 Å². The van der Waals surface area contributed by atoms with Gasteiger partial charge in [-0.05, 0) is 32.4 Å². The maximum absolute atomic E-state index is 5.94. The first-order valence-electron chi connectivity index (χ1n) is 7.32. The molecule has 0 aromatic rings. The van der Waals surface area contributed by atoms with Gasteiger partial charge in [0.05, 0.1) is 12.7 Å². The van der Waals surface area contributed by atoms with Gasteiger partial charge in [0.1, 0.15) is 0 Å². The fraction of sp³-hybridized carbons (Fsp3) is 0.867. The molecule has 104 valence electrons. The van der Waals surface area contributed by atoms with E-state index in [9.17, 15) is 0 Å². The van der Waals surface area contributed by atoms with Gasteiger partial charge in [-0.3, -0.25) is 4.90 Å². The summed E-state index contributed by atoms with van der Waals surface area (Å²) in [7, 11) is 0. The molecule has 1 fully saturated rings. The van der Waals surface area contributed by atoms with E-state index in [-0.39, 0.29) is 0 Å². The minimum atomic E-state index is 0.296. The summed E-state index contributed by atoms with van der Waals surface area (Å²) in [5.74, 6) is 2.74. The fourth-order valence-electron chi connectivity index (χ4n) is 2.48. The summed E-state index contributed by atoms with van der Waals surface area (Å²) < 4.78 is 5.94. The summed E-state index contributed by atoms with van der Waals surface area (Å²) >= 11 is 0. The molecule has 0 radical (unpaired) electrons. The average molecular weight is 252 g/mol. The van der Waals surface area contributed by atoms with Crippen molar-refractivity contribution in [2.24, 2.45) is 0 Å². The van der Waals surface area contributed by atoms with Crippen LogP contribution in [-0.4, -0.2) is 49.8 Å². The van der Waals surface area contributed by atoms with Crippen molar-refractivity contribution in [3.63, 3.8) is 0 Å². The smallest absolute Gasteiger partial charge is 0.0855 e. The monoisotopic (exact) mass is 252 g/mol. The number of nitrogens with one attached hydrogen (secondary N) is 1. The lowest BCUT2D eigenvalue weighted by molar-refractivity contribution is -0.0473. The molecule has 3 nitrogen and oxygen atoms in total. The summed E-state index contributed by atoms with van der Waals surface area (Å²) in [5, 5.41) is 3.59. The SMILES string of the molecule is C#CCCC(NCCC)C1CN(CCC)CCO1. The zero-order valence-electron chi connectivity index (χ0n) is 12.0. The molecule has 1 aliphatic heterocycles. The van der Waals surface area contributed by atoms with Crippen LogP contribution in [0.1, 0.15) is 39.5 Å². The highest BCUT2D eigenvalue weighted by Gasteiger charge is 2.26. The van der Waals surface area contributed by atoms with Gasteiger partial charge in [-0.15, -0.1) is 12.3 Å². The summed E-state index contributed by atoms with van der Waals surface area (Å²) in [4.78, 5) is 2.50. The average Bonchev–Trinajstić information content (AvgIpc) is 2.40. The maximum Gasteiger partial charge on any atom is 0.0855 e. The van der Waals surface area contributed by atoms with Gasteiger partial charge in [-0.1, -0.05) is 13.8 Å². The number of terminal acetylenes is 1. The molecule has 0 bridgehead atoms. The van der Waals surface area contributed by atoms with Gasteiger partial charge >= 0.3 is 0 Å². The third-order valence-electron chi connectivity index (χ3n) is 3.42. The zero-order chi connectivity index (χ0) is 13.2. The lowest BCUT2D eigenvalue weighted by atomic mass is 10.0. The predicted octanol–water partition coefficient (Wildman–Crippen LogP) is 1.88. The second-order valence-electron chi connectivity index (χ2n) is 5.01. The molecular weight excluding hydrogens is 224 g/mol. The quantitative estimate of drug-likeness (QED) is 0.668. The number of hydrogen-bond acceptors (Lipinski definition) is 3. The third kappa shape index (κ3) is 5.39. The highest BCUT2D eigenvalue weighted by Crippen LogP contribution is 2.13. The van der Waals surface area contributed by atoms with Crippen LogP contribution in [0, 0.1) is 12.3 Å². The number of ether oxygens (including phenoxy) is 1. The van der Waals surface area contributed by atoms with E-state index in [0.29, 0.717) is 12.1 Å². The Kier molecular flexibility index (Phi) is 8.08. The number of nitrogens with zero attached hydrogens (tertiary/aromatic N) is 1. The highest BCUT2D eigenvalue weighted by molar-refractivity contribution is 4.90. The van der Waals surface area contributed by atoms with Crippen LogP contribution in [0.4, 0.5) is 0 Å². The van der Waals surface area contributed by atoms with Crippen LogP contribution < -0.4 is 5.32 Å². The maximum atomic E-state index is 5.94. The molecule has 0 amide bonds. The van der Waals surface area contributed by atoms with Gasteiger partial charge in [-0.25, -0.2) is 0 Å². The molecule has 0 aromatic carbocycles. The largest absolute Gasteiger partial charge is 0.374 e. The van der Waals surface area contributed by atoms with Gasteiger partial charge in [0.15, 0.2) is 0 Å². The van der Waals surface area contributed by atoms with E-state index in [1.807, 2.05) is 0 Å². The van der Waals surface area contributed by atoms with E-state index in [2.05, 4.69) is 30.0 Å². The second-order valence-corrected chi connectivity index (χ2v) is 5.01. The van der Waals surface area contributed by atoms with Crippen LogP contribution in [0.15, 0.2) is 0 Å². The Morgan fingerprint density at radius 1 is 1.44 bits per heavy atom. The predicted molar refractivity (Wildman–Crippen MR) is 76.6 cm³/mol. The summed E-state index contributed by atoms with van der Waals surface area (Å²) in [6, 6.07) is 0.403. The molecule has 2 unspecified atom stereocenters. The molecule has 1 N–H and O–H groups in total. The first kappa shape index (κ1) is 15.5. The molecule has 0 aliphatic carbocycles. The van der Waals surface area contributed by atoms with Crippen molar-refractivity contribution in [1.82, 2.24) is 10.2 Å². The van der Waals surface area contributed by atoms with E-state index < -0.39 is 0 Å². The van der Waals surface area contributed by atoms with E-state index in [0.717, 1.165) is 45.5 Å². The number of rotatable bonds is 8. The van der Waals surface area contributed by atoms with Crippen molar-refractivity contribution in [2.75, 3.05) is 32.8 Å². The Hall–Kier alpha value is -0.560. The molecule has 0 spiro atoms. The van der Waals surface area contributed by atoms with E-state index in [1.54, 1.807) is 0 Å². The van der Waals surface area contributed by atoms with Crippen molar-refractivity contribution in [3.05, 3.63) is 0 Å². The summed E-state index contributed by atoms with van der Waals surface area (Å²) in [5.41, 5.74) is 0. The normalized spacial score (nSPS) is 22.6. The second kappa shape index (κ2) is 9.38. The van der Waals surface area contributed by atoms with Gasteiger partial charge < -0.3 is 10.1 Å². The Morgan fingerprint density at radius 3 is 2.94 bits per heavy atom. The molecule has 0 aromatic heterocycles. The van der Waals surface area contributed by atoms with E-state index >= 15 is 0 Å². The molecule has 2 atom stereocenters.